The van der Waals surface area contributed by atoms with Crippen LogP contribution in [-0.4, -0.2) is 36.5 Å². The van der Waals surface area contributed by atoms with Gasteiger partial charge in [0, 0.05) is 25.1 Å². The van der Waals surface area contributed by atoms with Crippen LogP contribution in [-0.2, 0) is 11.3 Å². The molecule has 0 spiro atoms. The Hall–Kier alpha value is -3.09. The monoisotopic (exact) mass is 390 g/mol. The fourth-order valence-corrected chi connectivity index (χ4v) is 3.06. The van der Waals surface area contributed by atoms with E-state index in [1.165, 1.54) is 18.7 Å². The molecule has 0 saturated carbocycles. The summed E-state index contributed by atoms with van der Waals surface area (Å²) in [5.74, 6) is -0.153. The Labute approximate surface area is 171 Å². The van der Waals surface area contributed by atoms with Crippen molar-refractivity contribution in [1.82, 2.24) is 15.3 Å². The van der Waals surface area contributed by atoms with Crippen molar-refractivity contribution in [2.75, 3.05) is 25.5 Å². The van der Waals surface area contributed by atoms with Crippen LogP contribution in [0.1, 0.15) is 34.0 Å². The molecule has 0 aliphatic heterocycles. The van der Waals surface area contributed by atoms with Gasteiger partial charge in [-0.1, -0.05) is 42.5 Å². The summed E-state index contributed by atoms with van der Waals surface area (Å²) in [5, 5.41) is 3.18. The zero-order valence-electron chi connectivity index (χ0n) is 16.8. The first-order valence-corrected chi connectivity index (χ1v) is 9.62. The van der Waals surface area contributed by atoms with Gasteiger partial charge in [0.15, 0.2) is 0 Å². The maximum Gasteiger partial charge on any atom is 0.261 e. The molecule has 150 valence electrons. The Kier molecular flexibility index (Phi) is 7.44. The van der Waals surface area contributed by atoms with Gasteiger partial charge in [0.25, 0.3) is 5.91 Å². The van der Waals surface area contributed by atoms with Crippen LogP contribution in [0.4, 0.5) is 5.69 Å². The summed E-state index contributed by atoms with van der Waals surface area (Å²) >= 11 is 0. The third-order valence-electron chi connectivity index (χ3n) is 4.69. The average molecular weight is 390 g/mol. The Bertz CT molecular complexity index is 903. The van der Waals surface area contributed by atoms with Gasteiger partial charge < -0.3 is 15.0 Å². The number of nitrogens with zero attached hydrogens (tertiary/aromatic N) is 3. The number of amides is 1. The van der Waals surface area contributed by atoms with Crippen molar-refractivity contribution >= 4 is 11.6 Å². The molecule has 0 saturated heterocycles. The molecule has 0 bridgehead atoms. The molecule has 0 fully saturated rings. The second kappa shape index (κ2) is 10.5. The van der Waals surface area contributed by atoms with Gasteiger partial charge in [-0.15, -0.1) is 0 Å². The third kappa shape index (κ3) is 5.70. The minimum absolute atomic E-state index is 0.00753. The lowest BCUT2D eigenvalue weighted by Crippen LogP contribution is -2.26. The molecule has 1 unspecified atom stereocenters. The van der Waals surface area contributed by atoms with E-state index in [1.54, 1.807) is 11.9 Å². The molecule has 2 aromatic carbocycles. The fraction of sp³-hybridized carbons (Fsp3) is 0.261. The zero-order chi connectivity index (χ0) is 20.5. The predicted octanol–water partition coefficient (Wildman–Crippen LogP) is 3.62. The third-order valence-corrected chi connectivity index (χ3v) is 4.69. The fourth-order valence-electron chi connectivity index (χ4n) is 3.06. The van der Waals surface area contributed by atoms with E-state index in [2.05, 4.69) is 27.4 Å². The first-order valence-electron chi connectivity index (χ1n) is 9.62. The molecular weight excluding hydrogens is 364 g/mol. The van der Waals surface area contributed by atoms with Gasteiger partial charge in [0.05, 0.1) is 18.3 Å². The number of aromatic nitrogens is 2. The molecule has 1 heterocycles. The Morgan fingerprint density at radius 2 is 1.86 bits per heavy atom. The summed E-state index contributed by atoms with van der Waals surface area (Å²) in [6, 6.07) is 18.1. The van der Waals surface area contributed by atoms with Crippen molar-refractivity contribution in [3.05, 3.63) is 90.0 Å². The van der Waals surface area contributed by atoms with Crippen molar-refractivity contribution in [2.24, 2.45) is 0 Å². The van der Waals surface area contributed by atoms with Crippen molar-refractivity contribution in [1.29, 1.82) is 0 Å². The Morgan fingerprint density at radius 1 is 1.10 bits per heavy atom. The van der Waals surface area contributed by atoms with E-state index in [-0.39, 0.29) is 12.0 Å². The van der Waals surface area contributed by atoms with Gasteiger partial charge in [-0.2, -0.15) is 0 Å². The lowest BCUT2D eigenvalue weighted by molar-refractivity contribution is 0.0344. The molecule has 1 aromatic heterocycles. The maximum atomic E-state index is 12.6. The first kappa shape index (κ1) is 20.6. The number of anilines is 1. The Balaban J connectivity index is 1.69. The normalized spacial score (nSPS) is 11.8. The van der Waals surface area contributed by atoms with E-state index >= 15 is 0 Å². The van der Waals surface area contributed by atoms with Gasteiger partial charge in [-0.3, -0.25) is 4.79 Å². The summed E-state index contributed by atoms with van der Waals surface area (Å²) in [6.07, 6.45) is 5.34. The van der Waals surface area contributed by atoms with Crippen molar-refractivity contribution in [2.45, 2.75) is 19.1 Å². The number of rotatable bonds is 9. The molecule has 0 radical (unpaired) electrons. The number of benzene rings is 2. The van der Waals surface area contributed by atoms with Crippen molar-refractivity contribution in [3.63, 3.8) is 0 Å². The number of ether oxygens (including phenoxy) is 1. The second-order valence-electron chi connectivity index (χ2n) is 6.76. The standard InChI is InChI=1S/C23H26N4O2/c1-24-12-11-22(19-8-4-3-5-9-19)29-16-18-7-6-10-21(13-18)27(2)23(28)20-14-25-17-26-15-20/h3-10,13-15,17,22,24H,11-12,16H2,1-2H3. The van der Waals surface area contributed by atoms with Crippen LogP contribution in [0.3, 0.4) is 0 Å². The first-order chi connectivity index (χ1) is 14.2. The number of hydrogen-bond acceptors (Lipinski definition) is 5. The number of carbonyl (C=O) groups is 1. The van der Waals surface area contributed by atoms with Crippen molar-refractivity contribution < 1.29 is 9.53 Å². The van der Waals surface area contributed by atoms with Gasteiger partial charge in [-0.25, -0.2) is 9.97 Å². The van der Waals surface area contributed by atoms with Gasteiger partial charge >= 0.3 is 0 Å². The number of nitrogens with one attached hydrogen (secondary N) is 1. The SMILES string of the molecule is CNCCC(OCc1cccc(N(C)C(=O)c2cncnc2)c1)c1ccccc1. The van der Waals surface area contributed by atoms with Crippen LogP contribution >= 0.6 is 0 Å². The van der Waals surface area contributed by atoms with Gasteiger partial charge in [-0.05, 0) is 43.3 Å². The highest BCUT2D eigenvalue weighted by Gasteiger charge is 2.15. The quantitative estimate of drug-likeness (QED) is 0.604. The van der Waals surface area contributed by atoms with Crippen molar-refractivity contribution in [3.8, 4) is 0 Å². The summed E-state index contributed by atoms with van der Waals surface area (Å²) in [4.78, 5) is 22.1. The molecule has 29 heavy (non-hydrogen) atoms. The largest absolute Gasteiger partial charge is 0.369 e. The molecule has 1 N–H and O–H groups in total. The predicted molar refractivity (Wildman–Crippen MR) is 114 cm³/mol. The minimum atomic E-state index is -0.153. The van der Waals surface area contributed by atoms with E-state index < -0.39 is 0 Å². The molecule has 3 rings (SSSR count). The van der Waals surface area contributed by atoms with Crippen LogP contribution in [0.2, 0.25) is 0 Å². The van der Waals surface area contributed by atoms with E-state index in [0.717, 1.165) is 29.8 Å². The molecule has 0 aliphatic carbocycles. The molecular formula is C23H26N4O2. The molecule has 3 aromatic rings. The average Bonchev–Trinajstić information content (AvgIpc) is 2.79. The van der Waals surface area contributed by atoms with Gasteiger partial charge in [0.2, 0.25) is 0 Å². The zero-order valence-corrected chi connectivity index (χ0v) is 16.8. The summed E-state index contributed by atoms with van der Waals surface area (Å²) in [7, 11) is 3.69. The number of carbonyl (C=O) groups excluding carboxylic acids is 1. The van der Waals surface area contributed by atoms with Crippen LogP contribution in [0, 0.1) is 0 Å². The summed E-state index contributed by atoms with van der Waals surface area (Å²) in [6.45, 7) is 1.34. The minimum Gasteiger partial charge on any atom is -0.369 e. The maximum absolute atomic E-state index is 12.6. The lowest BCUT2D eigenvalue weighted by atomic mass is 10.1. The molecule has 1 amide bonds. The molecule has 1 atom stereocenters. The topological polar surface area (TPSA) is 67.3 Å². The highest BCUT2D eigenvalue weighted by molar-refractivity contribution is 6.05. The number of hydrogen-bond donors (Lipinski definition) is 1. The van der Waals surface area contributed by atoms with Gasteiger partial charge in [0.1, 0.15) is 6.33 Å². The van der Waals surface area contributed by atoms with Crippen LogP contribution in [0.25, 0.3) is 0 Å². The Morgan fingerprint density at radius 3 is 2.59 bits per heavy atom. The van der Waals surface area contributed by atoms with E-state index in [9.17, 15) is 4.79 Å². The smallest absolute Gasteiger partial charge is 0.261 e. The highest BCUT2D eigenvalue weighted by Crippen LogP contribution is 2.24. The molecule has 0 aliphatic rings. The van der Waals surface area contributed by atoms with Crippen LogP contribution in [0.15, 0.2) is 73.3 Å². The van der Waals surface area contributed by atoms with E-state index in [0.29, 0.717) is 12.2 Å². The molecule has 6 nitrogen and oxygen atoms in total. The van der Waals surface area contributed by atoms with E-state index in [1.807, 2.05) is 49.5 Å². The van der Waals surface area contributed by atoms with Crippen LogP contribution < -0.4 is 10.2 Å². The highest BCUT2D eigenvalue weighted by atomic mass is 16.5. The molecule has 6 heteroatoms. The summed E-state index contributed by atoms with van der Waals surface area (Å²) < 4.78 is 6.23. The van der Waals surface area contributed by atoms with E-state index in [4.69, 9.17) is 4.74 Å². The lowest BCUT2D eigenvalue weighted by Gasteiger charge is -2.20. The summed E-state index contributed by atoms with van der Waals surface area (Å²) in [5.41, 5.74) is 3.42. The second-order valence-corrected chi connectivity index (χ2v) is 6.76. The van der Waals surface area contributed by atoms with Crippen LogP contribution in [0.5, 0.6) is 0 Å².